The largest absolute Gasteiger partial charge is 0.379 e. The fourth-order valence-corrected chi connectivity index (χ4v) is 2.18. The lowest BCUT2D eigenvalue weighted by Crippen LogP contribution is -2.47. The summed E-state index contributed by atoms with van der Waals surface area (Å²) >= 11 is 0. The number of hydrogen-bond donors (Lipinski definition) is 2. The van der Waals surface area contributed by atoms with Crippen molar-refractivity contribution < 1.29 is 9.53 Å². The van der Waals surface area contributed by atoms with E-state index < -0.39 is 6.04 Å². The van der Waals surface area contributed by atoms with Gasteiger partial charge in [-0.15, -0.1) is 0 Å². The molecule has 0 aliphatic carbocycles. The maximum atomic E-state index is 12.1. The number of carbonyl (C=O) groups is 1. The quantitative estimate of drug-likeness (QED) is 0.800. The first-order valence-corrected chi connectivity index (χ1v) is 6.99. The highest BCUT2D eigenvalue weighted by molar-refractivity contribution is 5.82. The van der Waals surface area contributed by atoms with Gasteiger partial charge in [-0.2, -0.15) is 0 Å². The van der Waals surface area contributed by atoms with Gasteiger partial charge in [0.05, 0.1) is 11.6 Å². The van der Waals surface area contributed by atoms with E-state index in [1.807, 2.05) is 51.1 Å². The van der Waals surface area contributed by atoms with Crippen LogP contribution in [0.2, 0.25) is 0 Å². The molecule has 0 fully saturated rings. The molecule has 3 N–H and O–H groups in total. The summed E-state index contributed by atoms with van der Waals surface area (Å²) in [6, 6.07) is 9.30. The molecule has 1 aromatic rings. The highest BCUT2D eigenvalue weighted by Gasteiger charge is 2.23. The minimum Gasteiger partial charge on any atom is -0.379 e. The van der Waals surface area contributed by atoms with E-state index in [-0.39, 0.29) is 17.6 Å². The molecule has 0 aliphatic heterocycles. The van der Waals surface area contributed by atoms with Gasteiger partial charge >= 0.3 is 0 Å². The van der Waals surface area contributed by atoms with Crippen LogP contribution in [0.1, 0.15) is 32.8 Å². The highest BCUT2D eigenvalue weighted by Crippen LogP contribution is 2.15. The van der Waals surface area contributed by atoms with Crippen molar-refractivity contribution in [2.24, 2.45) is 5.73 Å². The molecule has 1 unspecified atom stereocenters. The van der Waals surface area contributed by atoms with E-state index in [9.17, 15) is 4.79 Å². The smallest absolute Gasteiger partial charge is 0.237 e. The van der Waals surface area contributed by atoms with Crippen LogP contribution in [0.25, 0.3) is 0 Å². The summed E-state index contributed by atoms with van der Waals surface area (Å²) in [5.74, 6) is -0.117. The van der Waals surface area contributed by atoms with E-state index in [0.29, 0.717) is 6.42 Å². The Morgan fingerprint density at radius 1 is 1.35 bits per heavy atom. The minimum atomic E-state index is -0.523. The molecule has 0 radical (unpaired) electrons. The van der Waals surface area contributed by atoms with Crippen molar-refractivity contribution in [2.75, 3.05) is 7.11 Å². The summed E-state index contributed by atoms with van der Waals surface area (Å²) in [6.07, 6.45) is 1.29. The third-order valence-electron chi connectivity index (χ3n) is 3.37. The Labute approximate surface area is 121 Å². The topological polar surface area (TPSA) is 64.3 Å². The first-order chi connectivity index (χ1) is 9.34. The molecule has 2 atom stereocenters. The van der Waals surface area contributed by atoms with Crippen LogP contribution in [-0.2, 0) is 16.0 Å². The van der Waals surface area contributed by atoms with Gasteiger partial charge in [-0.1, -0.05) is 30.3 Å². The Kier molecular flexibility index (Phi) is 6.17. The molecule has 0 saturated carbocycles. The second-order valence-electron chi connectivity index (χ2n) is 5.87. The monoisotopic (exact) mass is 278 g/mol. The van der Waals surface area contributed by atoms with Crippen LogP contribution in [0.3, 0.4) is 0 Å². The van der Waals surface area contributed by atoms with E-state index in [1.54, 1.807) is 7.11 Å². The fraction of sp³-hybridized carbons (Fsp3) is 0.562. The molecule has 4 heteroatoms. The first-order valence-electron chi connectivity index (χ1n) is 6.99. The van der Waals surface area contributed by atoms with Gasteiger partial charge in [0.2, 0.25) is 5.91 Å². The van der Waals surface area contributed by atoms with Crippen molar-refractivity contribution in [3.8, 4) is 0 Å². The predicted octanol–water partition coefficient (Wildman–Crippen LogP) is 1.88. The number of carbonyl (C=O) groups excluding carboxylic acids is 1. The summed E-state index contributed by atoms with van der Waals surface area (Å²) in [4.78, 5) is 12.1. The van der Waals surface area contributed by atoms with Crippen molar-refractivity contribution in [1.29, 1.82) is 0 Å². The number of ether oxygens (including phenoxy) is 1. The summed E-state index contributed by atoms with van der Waals surface area (Å²) in [6.45, 7) is 5.97. The molecular weight excluding hydrogens is 252 g/mol. The Morgan fingerprint density at radius 3 is 2.50 bits per heavy atom. The molecule has 1 rings (SSSR count). The molecule has 0 heterocycles. The molecule has 0 saturated heterocycles. The third-order valence-corrected chi connectivity index (χ3v) is 3.37. The van der Waals surface area contributed by atoms with Gasteiger partial charge in [0.15, 0.2) is 0 Å². The van der Waals surface area contributed by atoms with Crippen molar-refractivity contribution in [1.82, 2.24) is 5.32 Å². The minimum absolute atomic E-state index is 0.0271. The van der Waals surface area contributed by atoms with Crippen molar-refractivity contribution >= 4 is 5.91 Å². The second-order valence-corrected chi connectivity index (χ2v) is 5.87. The molecule has 4 nitrogen and oxygen atoms in total. The summed E-state index contributed by atoms with van der Waals surface area (Å²) in [5, 5.41) is 2.95. The van der Waals surface area contributed by atoms with Crippen molar-refractivity contribution in [3.63, 3.8) is 0 Å². The Bertz CT molecular complexity index is 418. The lowest BCUT2D eigenvalue weighted by atomic mass is 9.99. The van der Waals surface area contributed by atoms with E-state index >= 15 is 0 Å². The normalized spacial score (nSPS) is 14.7. The van der Waals surface area contributed by atoms with Crippen LogP contribution in [0, 0.1) is 0 Å². The predicted molar refractivity (Wildman–Crippen MR) is 81.4 cm³/mol. The van der Waals surface area contributed by atoms with Crippen LogP contribution < -0.4 is 11.1 Å². The number of amides is 1. The van der Waals surface area contributed by atoms with Crippen LogP contribution in [-0.4, -0.2) is 30.7 Å². The third kappa shape index (κ3) is 5.72. The van der Waals surface area contributed by atoms with Gasteiger partial charge in [-0.25, -0.2) is 0 Å². The standard InChI is InChI=1S/C16H26N2O2/c1-12(11-16(2,3)20-4)18-15(19)14(17)10-13-8-6-5-7-9-13/h5-9,12,14H,10-11,17H2,1-4H3,(H,18,19)/t12?,14-/m0/s1. The molecule has 1 amide bonds. The molecular formula is C16H26N2O2. The van der Waals surface area contributed by atoms with Crippen molar-refractivity contribution in [2.45, 2.75) is 51.3 Å². The second kappa shape index (κ2) is 7.41. The van der Waals surface area contributed by atoms with Crippen LogP contribution >= 0.6 is 0 Å². The summed E-state index contributed by atoms with van der Waals surface area (Å²) in [7, 11) is 1.68. The SMILES string of the molecule is COC(C)(C)CC(C)NC(=O)[C@@H](N)Cc1ccccc1. The maximum absolute atomic E-state index is 12.1. The Hall–Kier alpha value is -1.39. The van der Waals surface area contributed by atoms with Crippen LogP contribution in [0.5, 0.6) is 0 Å². The van der Waals surface area contributed by atoms with Gasteiger partial charge in [-0.05, 0) is 39.2 Å². The molecule has 112 valence electrons. The van der Waals surface area contributed by atoms with Crippen molar-refractivity contribution in [3.05, 3.63) is 35.9 Å². The number of rotatable bonds is 7. The lowest BCUT2D eigenvalue weighted by Gasteiger charge is -2.27. The number of hydrogen-bond acceptors (Lipinski definition) is 3. The zero-order valence-electron chi connectivity index (χ0n) is 12.8. The zero-order chi connectivity index (χ0) is 15.2. The fourth-order valence-electron chi connectivity index (χ4n) is 2.18. The lowest BCUT2D eigenvalue weighted by molar-refractivity contribution is -0.123. The zero-order valence-corrected chi connectivity index (χ0v) is 12.8. The van der Waals surface area contributed by atoms with E-state index in [0.717, 1.165) is 12.0 Å². The highest BCUT2D eigenvalue weighted by atomic mass is 16.5. The van der Waals surface area contributed by atoms with Gasteiger partial charge in [0, 0.05) is 13.2 Å². The van der Waals surface area contributed by atoms with Gasteiger partial charge < -0.3 is 15.8 Å². The summed E-state index contributed by atoms with van der Waals surface area (Å²) < 4.78 is 5.36. The molecule has 0 aromatic heterocycles. The first kappa shape index (κ1) is 16.7. The summed E-state index contributed by atoms with van der Waals surface area (Å²) in [5.41, 5.74) is 6.77. The average Bonchev–Trinajstić information content (AvgIpc) is 2.39. The number of nitrogens with one attached hydrogen (secondary N) is 1. The molecule has 0 bridgehead atoms. The molecule has 1 aromatic carbocycles. The molecule has 0 spiro atoms. The van der Waals surface area contributed by atoms with Crippen LogP contribution in [0.15, 0.2) is 30.3 Å². The van der Waals surface area contributed by atoms with E-state index in [1.165, 1.54) is 0 Å². The van der Waals surface area contributed by atoms with E-state index in [4.69, 9.17) is 10.5 Å². The Balaban J connectivity index is 2.45. The number of nitrogens with two attached hydrogens (primary N) is 1. The number of benzene rings is 1. The molecule has 0 aliphatic rings. The van der Waals surface area contributed by atoms with Crippen LogP contribution in [0.4, 0.5) is 0 Å². The Morgan fingerprint density at radius 2 is 1.95 bits per heavy atom. The van der Waals surface area contributed by atoms with E-state index in [2.05, 4.69) is 5.32 Å². The average molecular weight is 278 g/mol. The van der Waals surface area contributed by atoms with Gasteiger partial charge in [0.1, 0.15) is 0 Å². The van der Waals surface area contributed by atoms with Gasteiger partial charge in [0.25, 0.3) is 0 Å². The van der Waals surface area contributed by atoms with Gasteiger partial charge in [-0.3, -0.25) is 4.79 Å². The molecule has 20 heavy (non-hydrogen) atoms. The maximum Gasteiger partial charge on any atom is 0.237 e. The number of methoxy groups -OCH3 is 1.